The van der Waals surface area contributed by atoms with E-state index in [9.17, 15) is 27.5 Å². The van der Waals surface area contributed by atoms with E-state index in [4.69, 9.17) is 36.7 Å². The monoisotopic (exact) mass is 599 g/mol. The van der Waals surface area contributed by atoms with Gasteiger partial charge in [-0.3, -0.25) is 4.79 Å². The fourth-order valence-electron chi connectivity index (χ4n) is 4.18. The summed E-state index contributed by atoms with van der Waals surface area (Å²) in [6, 6.07) is 8.26. The van der Waals surface area contributed by atoms with E-state index < -0.39 is 41.3 Å². The second-order valence-electron chi connectivity index (χ2n) is 9.55. The third kappa shape index (κ3) is 5.89. The summed E-state index contributed by atoms with van der Waals surface area (Å²) in [7, 11) is 1.30. The number of aromatic nitrogens is 1. The van der Waals surface area contributed by atoms with Gasteiger partial charge in [-0.25, -0.2) is 9.37 Å². The summed E-state index contributed by atoms with van der Waals surface area (Å²) in [5.41, 5.74) is 0.480. The molecule has 41 heavy (non-hydrogen) atoms. The molecule has 2 unspecified atom stereocenters. The Bertz CT molecular complexity index is 1470. The molecule has 0 spiro atoms. The van der Waals surface area contributed by atoms with Crippen LogP contribution in [-0.4, -0.2) is 60.8 Å². The molecule has 5 N–H and O–H groups in total. The average Bonchev–Trinajstić information content (AvgIpc) is 3.24. The van der Waals surface area contributed by atoms with Crippen molar-refractivity contribution in [2.45, 2.75) is 24.2 Å². The molecular weight excluding hydrogens is 574 g/mol. The van der Waals surface area contributed by atoms with Crippen molar-refractivity contribution in [3.8, 4) is 28.5 Å². The summed E-state index contributed by atoms with van der Waals surface area (Å²) in [4.78, 5) is 16.9. The van der Waals surface area contributed by atoms with E-state index in [0.29, 0.717) is 0 Å². The number of carbonyl (C=O) groups is 1. The number of fused-ring (bicyclic) bond motifs is 1. The Morgan fingerprint density at radius 2 is 1.95 bits per heavy atom. The van der Waals surface area contributed by atoms with Gasteiger partial charge in [0, 0.05) is 16.7 Å². The molecule has 3 aromatic rings. The number of rotatable bonds is 9. The van der Waals surface area contributed by atoms with Crippen LogP contribution in [0, 0.1) is 5.82 Å². The number of hydrogen-bond acceptors (Lipinski definition) is 8. The maximum atomic E-state index is 14.5. The van der Waals surface area contributed by atoms with Gasteiger partial charge < -0.3 is 35.5 Å². The van der Waals surface area contributed by atoms with Crippen LogP contribution in [0.1, 0.15) is 28.5 Å². The van der Waals surface area contributed by atoms with Gasteiger partial charge in [-0.15, -0.1) is 0 Å². The lowest BCUT2D eigenvalue weighted by Crippen LogP contribution is -2.51. The van der Waals surface area contributed by atoms with Gasteiger partial charge >= 0.3 is 6.18 Å². The number of nitrogens with one attached hydrogen (secondary N) is 1. The van der Waals surface area contributed by atoms with Crippen LogP contribution < -0.4 is 25.3 Å². The number of halogens is 5. The molecule has 4 rings (SSSR count). The summed E-state index contributed by atoms with van der Waals surface area (Å²) >= 11 is 5.90. The molecule has 2 heterocycles. The normalized spacial score (nSPS) is 17.8. The Balaban J connectivity index is 1.73. The largest absolute Gasteiger partial charge is 0.493 e. The number of aliphatic hydroxyl groups is 2. The number of ether oxygens (including phenoxy) is 3. The van der Waals surface area contributed by atoms with E-state index in [2.05, 4.69) is 10.3 Å². The second-order valence-corrected chi connectivity index (χ2v) is 9.95. The predicted octanol–water partition coefficient (Wildman–Crippen LogP) is 3.67. The van der Waals surface area contributed by atoms with Crippen molar-refractivity contribution in [2.75, 3.05) is 33.5 Å². The van der Waals surface area contributed by atoms with E-state index in [1.165, 1.54) is 38.3 Å². The van der Waals surface area contributed by atoms with Crippen LogP contribution in [0.25, 0.3) is 11.3 Å². The van der Waals surface area contributed by atoms with Crippen molar-refractivity contribution < 1.29 is 46.8 Å². The van der Waals surface area contributed by atoms with Crippen LogP contribution in [0.2, 0.25) is 5.02 Å². The van der Waals surface area contributed by atoms with Crippen LogP contribution >= 0.6 is 11.6 Å². The number of methoxy groups -OCH3 is 1. The van der Waals surface area contributed by atoms with E-state index in [-0.39, 0.29) is 64.5 Å². The van der Waals surface area contributed by atoms with Crippen molar-refractivity contribution in [2.24, 2.45) is 5.73 Å². The number of alkyl halides is 3. The number of hydrogen-bond donors (Lipinski definition) is 4. The zero-order valence-electron chi connectivity index (χ0n) is 21.8. The molecule has 0 saturated heterocycles. The highest BCUT2D eigenvalue weighted by Crippen LogP contribution is 2.46. The zero-order chi connectivity index (χ0) is 30.2. The summed E-state index contributed by atoms with van der Waals surface area (Å²) < 4.78 is 73.4. The summed E-state index contributed by atoms with van der Waals surface area (Å²) in [6.45, 7) is -0.217. The van der Waals surface area contributed by atoms with Gasteiger partial charge in [0.2, 0.25) is 5.60 Å². The number of aliphatic hydroxyl groups excluding tert-OH is 1. The molecule has 1 amide bonds. The standard InChI is InChI=1S/C27H26ClF4N3O6/c1-25(33)13-41-23-16(25)11-21(35-22(23)14-3-5-18(29)17(28)9-14)26(38,27(30,31)32)12-34-24(37)15-4-6-19(40-8-7-36)20(10-15)39-2/h3-6,9-11,36,38H,7-8,12-13,33H2,1-2H3,(H,34,37). The fourth-order valence-corrected chi connectivity index (χ4v) is 4.36. The van der Waals surface area contributed by atoms with Gasteiger partial charge in [0.05, 0.1) is 36.5 Å². The lowest BCUT2D eigenvalue weighted by atomic mass is 9.89. The molecule has 14 heteroatoms. The smallest absolute Gasteiger partial charge is 0.424 e. The third-order valence-electron chi connectivity index (χ3n) is 6.47. The molecule has 9 nitrogen and oxygen atoms in total. The molecule has 0 saturated carbocycles. The molecule has 0 radical (unpaired) electrons. The van der Waals surface area contributed by atoms with Crippen molar-refractivity contribution in [1.82, 2.24) is 10.3 Å². The molecule has 220 valence electrons. The molecule has 1 aliphatic heterocycles. The van der Waals surface area contributed by atoms with Crippen LogP contribution in [0.3, 0.4) is 0 Å². The molecule has 0 aliphatic carbocycles. The van der Waals surface area contributed by atoms with E-state index in [0.717, 1.165) is 18.2 Å². The SMILES string of the molecule is COc1cc(C(=O)NCC(O)(c2cc3c(c(-c4ccc(F)c(Cl)c4)n2)OCC3(C)N)C(F)(F)F)ccc1OCCO. The summed E-state index contributed by atoms with van der Waals surface area (Å²) in [5.74, 6) is -1.36. The van der Waals surface area contributed by atoms with Crippen molar-refractivity contribution in [3.05, 3.63) is 70.1 Å². The van der Waals surface area contributed by atoms with Gasteiger partial charge in [-0.2, -0.15) is 13.2 Å². The van der Waals surface area contributed by atoms with Crippen molar-refractivity contribution >= 4 is 17.5 Å². The van der Waals surface area contributed by atoms with Gasteiger partial charge in [-0.1, -0.05) is 11.6 Å². The first-order chi connectivity index (χ1) is 19.2. The van der Waals surface area contributed by atoms with Crippen molar-refractivity contribution in [1.29, 1.82) is 0 Å². The number of amides is 1. The fraction of sp³-hybridized carbons (Fsp3) is 0.333. The van der Waals surface area contributed by atoms with Crippen molar-refractivity contribution in [3.63, 3.8) is 0 Å². The van der Waals surface area contributed by atoms with E-state index >= 15 is 0 Å². The first-order valence-electron chi connectivity index (χ1n) is 12.1. The highest BCUT2D eigenvalue weighted by molar-refractivity contribution is 6.31. The highest BCUT2D eigenvalue weighted by atomic mass is 35.5. The number of carbonyl (C=O) groups excluding carboxylic acids is 1. The number of benzene rings is 2. The summed E-state index contributed by atoms with van der Waals surface area (Å²) in [6.07, 6.45) is -5.32. The molecule has 0 fully saturated rings. The first-order valence-corrected chi connectivity index (χ1v) is 12.5. The minimum absolute atomic E-state index is 0.0483. The first kappa shape index (κ1) is 30.3. The lowest BCUT2D eigenvalue weighted by molar-refractivity contribution is -0.265. The molecule has 0 bridgehead atoms. The highest BCUT2D eigenvalue weighted by Gasteiger charge is 2.57. The van der Waals surface area contributed by atoms with E-state index in [1.807, 2.05) is 0 Å². The Kier molecular flexibility index (Phi) is 8.37. The maximum absolute atomic E-state index is 14.5. The quantitative estimate of drug-likeness (QED) is 0.274. The molecule has 2 aromatic carbocycles. The number of pyridine rings is 1. The molecule has 2 atom stereocenters. The topological polar surface area (TPSA) is 136 Å². The second kappa shape index (κ2) is 11.3. The minimum atomic E-state index is -5.32. The van der Waals surface area contributed by atoms with E-state index in [1.54, 1.807) is 0 Å². The Labute approximate surface area is 236 Å². The van der Waals surface area contributed by atoms with Crippen LogP contribution in [-0.2, 0) is 11.1 Å². The minimum Gasteiger partial charge on any atom is -0.493 e. The van der Waals surface area contributed by atoms with Crippen LogP contribution in [0.4, 0.5) is 17.6 Å². The van der Waals surface area contributed by atoms with Gasteiger partial charge in [-0.05, 0) is 49.4 Å². The lowest BCUT2D eigenvalue weighted by Gasteiger charge is -2.31. The molecular formula is C27H26ClF4N3O6. The Hall–Kier alpha value is -3.65. The van der Waals surface area contributed by atoms with Crippen LogP contribution in [0.5, 0.6) is 17.2 Å². The maximum Gasteiger partial charge on any atom is 0.424 e. The Morgan fingerprint density at radius 1 is 1.22 bits per heavy atom. The molecule has 1 aromatic heterocycles. The van der Waals surface area contributed by atoms with Gasteiger partial charge in [0.1, 0.15) is 24.7 Å². The van der Waals surface area contributed by atoms with Gasteiger partial charge in [0.25, 0.3) is 5.91 Å². The molecule has 1 aliphatic rings. The number of nitrogens with two attached hydrogens (primary N) is 1. The zero-order valence-corrected chi connectivity index (χ0v) is 22.6. The average molecular weight is 600 g/mol. The van der Waals surface area contributed by atoms with Gasteiger partial charge in [0.15, 0.2) is 17.2 Å². The number of nitrogens with zero attached hydrogens (tertiary/aromatic N) is 1. The predicted molar refractivity (Wildman–Crippen MR) is 140 cm³/mol. The third-order valence-corrected chi connectivity index (χ3v) is 6.76. The Morgan fingerprint density at radius 3 is 2.59 bits per heavy atom. The summed E-state index contributed by atoms with van der Waals surface area (Å²) in [5, 5.41) is 21.8. The van der Waals surface area contributed by atoms with Crippen LogP contribution in [0.15, 0.2) is 42.5 Å².